The molecule has 0 aliphatic rings. The van der Waals surface area contributed by atoms with Crippen LogP contribution >= 0.6 is 0 Å². The molecular weight excluding hydrogens is 222 g/mol. The van der Waals surface area contributed by atoms with E-state index in [1.807, 2.05) is 6.92 Å². The van der Waals surface area contributed by atoms with E-state index in [0.717, 1.165) is 6.42 Å². The number of amides is 1. The summed E-state index contributed by atoms with van der Waals surface area (Å²) in [7, 11) is 1.48. The van der Waals surface area contributed by atoms with E-state index >= 15 is 0 Å². The molecule has 0 spiro atoms. The maximum Gasteiger partial charge on any atom is 0.293 e. The molecule has 6 heteroatoms. The lowest BCUT2D eigenvalue weighted by Gasteiger charge is -2.07. The van der Waals surface area contributed by atoms with Crippen molar-refractivity contribution >= 4 is 17.3 Å². The fourth-order valence-electron chi connectivity index (χ4n) is 1.38. The molecule has 92 valence electrons. The van der Waals surface area contributed by atoms with Gasteiger partial charge in [0.15, 0.2) is 0 Å². The predicted molar refractivity (Wildman–Crippen MR) is 65.3 cm³/mol. The Labute approximate surface area is 99.2 Å². The number of carbonyl (C=O) groups excluding carboxylic acids is 1. The summed E-state index contributed by atoms with van der Waals surface area (Å²) in [6.45, 7) is 2.62. The van der Waals surface area contributed by atoms with Crippen LogP contribution in [0.4, 0.5) is 11.4 Å². The molecule has 1 rings (SSSR count). The first-order valence-electron chi connectivity index (χ1n) is 5.34. The number of anilines is 1. The predicted octanol–water partition coefficient (Wildman–Crippen LogP) is 1.78. The van der Waals surface area contributed by atoms with E-state index in [2.05, 4.69) is 10.6 Å². The van der Waals surface area contributed by atoms with Crippen molar-refractivity contribution in [3.63, 3.8) is 0 Å². The van der Waals surface area contributed by atoms with Gasteiger partial charge in [-0.15, -0.1) is 0 Å². The van der Waals surface area contributed by atoms with Crippen molar-refractivity contribution in [3.8, 4) is 0 Å². The van der Waals surface area contributed by atoms with Gasteiger partial charge in [0.1, 0.15) is 5.69 Å². The van der Waals surface area contributed by atoms with Crippen molar-refractivity contribution in [1.82, 2.24) is 5.32 Å². The van der Waals surface area contributed by atoms with Gasteiger partial charge >= 0.3 is 0 Å². The molecule has 0 aromatic heterocycles. The summed E-state index contributed by atoms with van der Waals surface area (Å²) in [6.07, 6.45) is 0.869. The number of hydrogen-bond acceptors (Lipinski definition) is 4. The number of nitrogens with one attached hydrogen (secondary N) is 2. The van der Waals surface area contributed by atoms with E-state index < -0.39 is 4.92 Å². The Morgan fingerprint density at radius 1 is 1.47 bits per heavy atom. The van der Waals surface area contributed by atoms with Crippen LogP contribution in [0.25, 0.3) is 0 Å². The second-order valence-corrected chi connectivity index (χ2v) is 3.49. The van der Waals surface area contributed by atoms with E-state index in [1.165, 1.54) is 13.1 Å². The summed E-state index contributed by atoms with van der Waals surface area (Å²) < 4.78 is 0. The zero-order valence-corrected chi connectivity index (χ0v) is 9.82. The van der Waals surface area contributed by atoms with E-state index in [0.29, 0.717) is 12.2 Å². The molecule has 6 nitrogen and oxygen atoms in total. The first kappa shape index (κ1) is 13.0. The lowest BCUT2D eigenvalue weighted by Crippen LogP contribution is -2.18. The SMILES string of the molecule is CCCNc1ccc(C(=O)NC)cc1[N+](=O)[O-]. The quantitative estimate of drug-likeness (QED) is 0.603. The fraction of sp³-hybridized carbons (Fsp3) is 0.364. The third kappa shape index (κ3) is 3.17. The molecule has 0 heterocycles. The Kier molecular flexibility index (Phi) is 4.45. The topological polar surface area (TPSA) is 84.3 Å². The summed E-state index contributed by atoms with van der Waals surface area (Å²) in [6, 6.07) is 4.39. The lowest BCUT2D eigenvalue weighted by atomic mass is 10.1. The van der Waals surface area contributed by atoms with Crippen molar-refractivity contribution in [3.05, 3.63) is 33.9 Å². The number of rotatable bonds is 5. The maximum atomic E-state index is 11.4. The van der Waals surface area contributed by atoms with E-state index in [-0.39, 0.29) is 17.2 Å². The van der Waals surface area contributed by atoms with Gasteiger partial charge in [-0.25, -0.2) is 0 Å². The molecule has 1 amide bonds. The number of nitro benzene ring substituents is 1. The normalized spacial score (nSPS) is 9.76. The molecule has 0 bridgehead atoms. The largest absolute Gasteiger partial charge is 0.380 e. The first-order chi connectivity index (χ1) is 8.10. The molecule has 0 saturated heterocycles. The fourth-order valence-corrected chi connectivity index (χ4v) is 1.38. The number of nitrogens with zero attached hydrogens (tertiary/aromatic N) is 1. The second kappa shape index (κ2) is 5.83. The Morgan fingerprint density at radius 2 is 2.18 bits per heavy atom. The second-order valence-electron chi connectivity index (χ2n) is 3.49. The molecule has 0 fully saturated rings. The van der Waals surface area contributed by atoms with Crippen molar-refractivity contribution in [2.45, 2.75) is 13.3 Å². The Morgan fingerprint density at radius 3 is 2.71 bits per heavy atom. The highest BCUT2D eigenvalue weighted by molar-refractivity contribution is 5.95. The number of carbonyl (C=O) groups is 1. The van der Waals surface area contributed by atoms with Crippen LogP contribution in [0.1, 0.15) is 23.7 Å². The van der Waals surface area contributed by atoms with Gasteiger partial charge < -0.3 is 10.6 Å². The van der Waals surface area contributed by atoms with E-state index in [1.54, 1.807) is 12.1 Å². The van der Waals surface area contributed by atoms with Crippen LogP contribution in [0.3, 0.4) is 0 Å². The smallest absolute Gasteiger partial charge is 0.293 e. The number of nitro groups is 1. The minimum absolute atomic E-state index is 0.0837. The van der Waals surface area contributed by atoms with Gasteiger partial charge in [0.05, 0.1) is 4.92 Å². The van der Waals surface area contributed by atoms with Crippen LogP contribution in [0.5, 0.6) is 0 Å². The molecule has 1 aromatic rings. The Bertz CT molecular complexity index is 432. The monoisotopic (exact) mass is 237 g/mol. The molecule has 0 radical (unpaired) electrons. The van der Waals surface area contributed by atoms with E-state index in [4.69, 9.17) is 0 Å². The van der Waals surface area contributed by atoms with Gasteiger partial charge in [-0.3, -0.25) is 14.9 Å². The summed E-state index contributed by atoms with van der Waals surface area (Å²) in [5.41, 5.74) is 0.630. The molecule has 2 N–H and O–H groups in total. The molecule has 0 unspecified atom stereocenters. The van der Waals surface area contributed by atoms with Gasteiger partial charge in [0.25, 0.3) is 11.6 Å². The standard InChI is InChI=1S/C11H15N3O3/c1-3-6-13-9-5-4-8(11(15)12-2)7-10(9)14(16)17/h4-5,7,13H,3,6H2,1-2H3,(H,12,15). The molecule has 0 atom stereocenters. The van der Waals surface area contributed by atoms with Crippen molar-refractivity contribution < 1.29 is 9.72 Å². The molecular formula is C11H15N3O3. The molecule has 0 saturated carbocycles. The highest BCUT2D eigenvalue weighted by Crippen LogP contribution is 2.25. The van der Waals surface area contributed by atoms with Gasteiger partial charge in [0, 0.05) is 25.2 Å². The van der Waals surface area contributed by atoms with Gasteiger partial charge in [-0.05, 0) is 18.6 Å². The molecule has 0 aliphatic carbocycles. The zero-order chi connectivity index (χ0) is 12.8. The zero-order valence-electron chi connectivity index (χ0n) is 9.82. The van der Waals surface area contributed by atoms with Crippen LogP contribution in [0.15, 0.2) is 18.2 Å². The third-order valence-electron chi connectivity index (χ3n) is 2.25. The van der Waals surface area contributed by atoms with Crippen molar-refractivity contribution in [2.24, 2.45) is 0 Å². The minimum atomic E-state index is -0.496. The molecule has 0 aliphatic heterocycles. The van der Waals surface area contributed by atoms with Crippen LogP contribution in [0, 0.1) is 10.1 Å². The number of hydrogen-bond donors (Lipinski definition) is 2. The highest BCUT2D eigenvalue weighted by atomic mass is 16.6. The first-order valence-corrected chi connectivity index (χ1v) is 5.34. The maximum absolute atomic E-state index is 11.4. The summed E-state index contributed by atoms with van der Waals surface area (Å²) in [5.74, 6) is -0.338. The van der Waals surface area contributed by atoms with Gasteiger partial charge in [-0.2, -0.15) is 0 Å². The Hall–Kier alpha value is -2.11. The van der Waals surface area contributed by atoms with Crippen LogP contribution in [0.2, 0.25) is 0 Å². The van der Waals surface area contributed by atoms with Gasteiger partial charge in [-0.1, -0.05) is 6.92 Å². The van der Waals surface area contributed by atoms with Crippen LogP contribution in [-0.4, -0.2) is 24.4 Å². The van der Waals surface area contributed by atoms with Crippen molar-refractivity contribution in [2.75, 3.05) is 18.9 Å². The average molecular weight is 237 g/mol. The Balaban J connectivity index is 3.08. The summed E-state index contributed by atoms with van der Waals surface area (Å²) in [5, 5.41) is 16.3. The molecule has 1 aromatic carbocycles. The lowest BCUT2D eigenvalue weighted by molar-refractivity contribution is -0.384. The molecule has 17 heavy (non-hydrogen) atoms. The third-order valence-corrected chi connectivity index (χ3v) is 2.25. The highest BCUT2D eigenvalue weighted by Gasteiger charge is 2.16. The minimum Gasteiger partial charge on any atom is -0.380 e. The number of benzene rings is 1. The van der Waals surface area contributed by atoms with E-state index in [9.17, 15) is 14.9 Å². The van der Waals surface area contributed by atoms with Gasteiger partial charge in [0.2, 0.25) is 0 Å². The average Bonchev–Trinajstić information content (AvgIpc) is 2.35. The van der Waals surface area contributed by atoms with Crippen LogP contribution in [-0.2, 0) is 0 Å². The summed E-state index contributed by atoms with van der Waals surface area (Å²) in [4.78, 5) is 21.7. The van der Waals surface area contributed by atoms with Crippen molar-refractivity contribution in [1.29, 1.82) is 0 Å². The van der Waals surface area contributed by atoms with Crippen LogP contribution < -0.4 is 10.6 Å². The summed E-state index contributed by atoms with van der Waals surface area (Å²) >= 11 is 0.